The minimum atomic E-state index is 0.548. The van der Waals surface area contributed by atoms with Crippen LogP contribution in [0.4, 0.5) is 0 Å². The second-order valence-corrected chi connectivity index (χ2v) is 6.07. The Kier molecular flexibility index (Phi) is 7.35. The van der Waals surface area contributed by atoms with Gasteiger partial charge < -0.3 is 4.90 Å². The Morgan fingerprint density at radius 3 is 1.65 bits per heavy atom. The minimum Gasteiger partial charge on any atom is -0.304 e. The molecule has 0 spiro atoms. The Bertz CT molecular complexity index is 487. The van der Waals surface area contributed by atoms with Crippen molar-refractivity contribution in [3.8, 4) is 0 Å². The molecule has 23 heavy (non-hydrogen) atoms. The van der Waals surface area contributed by atoms with Crippen molar-refractivity contribution in [3.63, 3.8) is 0 Å². The number of piperidine rings is 1. The SMILES string of the molecule is CC.CCN1CCC(C(c2ccccc2)c2ccccc2)CC1. The van der Waals surface area contributed by atoms with Crippen LogP contribution in [0.3, 0.4) is 0 Å². The third kappa shape index (κ3) is 4.68. The molecule has 0 radical (unpaired) electrons. The molecule has 0 saturated carbocycles. The second kappa shape index (κ2) is 9.52. The topological polar surface area (TPSA) is 3.24 Å². The molecule has 0 atom stereocenters. The Labute approximate surface area is 142 Å². The molecule has 0 N–H and O–H groups in total. The Morgan fingerprint density at radius 2 is 1.26 bits per heavy atom. The van der Waals surface area contributed by atoms with Gasteiger partial charge in [-0.25, -0.2) is 0 Å². The molecule has 3 rings (SSSR count). The maximum absolute atomic E-state index is 2.57. The van der Waals surface area contributed by atoms with Crippen molar-refractivity contribution in [1.82, 2.24) is 4.90 Å². The molecular formula is C22H31N. The standard InChI is InChI=1S/C20H25N.C2H6/c1-2-21-15-13-19(14-16-21)20(17-9-5-3-6-10-17)18-11-7-4-8-12-18;1-2/h3-12,19-20H,2,13-16H2,1H3;1-2H3. The normalized spacial score (nSPS) is 16.0. The number of nitrogens with zero attached hydrogens (tertiary/aromatic N) is 1. The number of hydrogen-bond acceptors (Lipinski definition) is 1. The van der Waals surface area contributed by atoms with Crippen molar-refractivity contribution in [2.45, 2.75) is 39.5 Å². The Hall–Kier alpha value is -1.60. The zero-order valence-corrected chi connectivity index (χ0v) is 14.9. The summed E-state index contributed by atoms with van der Waals surface area (Å²) in [6, 6.07) is 22.1. The summed E-state index contributed by atoms with van der Waals surface area (Å²) in [6.07, 6.45) is 2.62. The molecule has 2 aromatic carbocycles. The van der Waals surface area contributed by atoms with Gasteiger partial charge in [0.1, 0.15) is 0 Å². The molecule has 124 valence electrons. The lowest BCUT2D eigenvalue weighted by atomic mass is 9.76. The van der Waals surface area contributed by atoms with Crippen LogP contribution < -0.4 is 0 Å². The first kappa shape index (κ1) is 17.7. The van der Waals surface area contributed by atoms with Crippen LogP contribution in [0.5, 0.6) is 0 Å². The second-order valence-electron chi connectivity index (χ2n) is 6.07. The summed E-state index contributed by atoms with van der Waals surface area (Å²) in [7, 11) is 0. The molecule has 0 amide bonds. The highest BCUT2D eigenvalue weighted by Gasteiger charge is 2.28. The zero-order chi connectivity index (χ0) is 16.5. The van der Waals surface area contributed by atoms with Crippen LogP contribution in [0, 0.1) is 5.92 Å². The number of hydrogen-bond donors (Lipinski definition) is 0. The number of benzene rings is 2. The van der Waals surface area contributed by atoms with Gasteiger partial charge in [-0.1, -0.05) is 81.4 Å². The van der Waals surface area contributed by atoms with Crippen LogP contribution in [0.2, 0.25) is 0 Å². The quantitative estimate of drug-likeness (QED) is 0.713. The molecule has 0 aromatic heterocycles. The summed E-state index contributed by atoms with van der Waals surface area (Å²) in [5.74, 6) is 1.31. The van der Waals surface area contributed by atoms with E-state index >= 15 is 0 Å². The lowest BCUT2D eigenvalue weighted by Crippen LogP contribution is -2.35. The van der Waals surface area contributed by atoms with Gasteiger partial charge in [-0.2, -0.15) is 0 Å². The molecule has 1 saturated heterocycles. The highest BCUT2D eigenvalue weighted by molar-refractivity contribution is 5.33. The largest absolute Gasteiger partial charge is 0.304 e. The van der Waals surface area contributed by atoms with E-state index in [1.54, 1.807) is 0 Å². The van der Waals surface area contributed by atoms with Gasteiger partial charge in [0.15, 0.2) is 0 Å². The molecule has 0 unspecified atom stereocenters. The first-order valence-electron chi connectivity index (χ1n) is 9.20. The van der Waals surface area contributed by atoms with Crippen LogP contribution in [0.15, 0.2) is 60.7 Å². The fourth-order valence-corrected chi connectivity index (χ4v) is 3.66. The van der Waals surface area contributed by atoms with Crippen molar-refractivity contribution in [2.24, 2.45) is 5.92 Å². The van der Waals surface area contributed by atoms with E-state index in [-0.39, 0.29) is 0 Å². The molecule has 0 bridgehead atoms. The fourth-order valence-electron chi connectivity index (χ4n) is 3.66. The number of likely N-dealkylation sites (tertiary alicyclic amines) is 1. The van der Waals surface area contributed by atoms with Crippen LogP contribution in [0.25, 0.3) is 0 Å². The molecule has 1 nitrogen and oxygen atoms in total. The van der Waals surface area contributed by atoms with E-state index in [2.05, 4.69) is 72.5 Å². The van der Waals surface area contributed by atoms with Gasteiger partial charge >= 0.3 is 0 Å². The summed E-state index contributed by atoms with van der Waals surface area (Å²) >= 11 is 0. The van der Waals surface area contributed by atoms with E-state index < -0.39 is 0 Å². The van der Waals surface area contributed by atoms with Crippen molar-refractivity contribution < 1.29 is 0 Å². The molecule has 1 aliphatic heterocycles. The summed E-state index contributed by atoms with van der Waals surface area (Å²) in [6.45, 7) is 9.95. The average molecular weight is 309 g/mol. The first-order chi connectivity index (χ1) is 11.4. The van der Waals surface area contributed by atoms with Crippen LogP contribution >= 0.6 is 0 Å². The summed E-state index contributed by atoms with van der Waals surface area (Å²) in [5.41, 5.74) is 2.94. The van der Waals surface area contributed by atoms with Crippen LogP contribution in [-0.2, 0) is 0 Å². The van der Waals surface area contributed by atoms with Gasteiger partial charge in [0.25, 0.3) is 0 Å². The lowest BCUT2D eigenvalue weighted by Gasteiger charge is -2.36. The van der Waals surface area contributed by atoms with Gasteiger partial charge in [-0.15, -0.1) is 0 Å². The summed E-state index contributed by atoms with van der Waals surface area (Å²) < 4.78 is 0. The van der Waals surface area contributed by atoms with Crippen molar-refractivity contribution >= 4 is 0 Å². The van der Waals surface area contributed by atoms with E-state index in [9.17, 15) is 0 Å². The molecule has 2 aromatic rings. The molecule has 1 heteroatoms. The Morgan fingerprint density at radius 1 is 0.826 bits per heavy atom. The molecule has 1 heterocycles. The van der Waals surface area contributed by atoms with E-state index in [0.717, 1.165) is 5.92 Å². The predicted molar refractivity (Wildman–Crippen MR) is 101 cm³/mol. The zero-order valence-electron chi connectivity index (χ0n) is 14.9. The van der Waals surface area contributed by atoms with Crippen LogP contribution in [-0.4, -0.2) is 24.5 Å². The molecule has 0 aliphatic carbocycles. The van der Waals surface area contributed by atoms with Crippen LogP contribution in [0.1, 0.15) is 50.7 Å². The molecular weight excluding hydrogens is 278 g/mol. The van der Waals surface area contributed by atoms with E-state index in [0.29, 0.717) is 5.92 Å². The lowest BCUT2D eigenvalue weighted by molar-refractivity contribution is 0.182. The predicted octanol–water partition coefficient (Wildman–Crippen LogP) is 5.58. The fraction of sp³-hybridized carbons (Fsp3) is 0.455. The van der Waals surface area contributed by atoms with Gasteiger partial charge in [0.05, 0.1) is 0 Å². The maximum Gasteiger partial charge on any atom is 0.0119 e. The highest BCUT2D eigenvalue weighted by Crippen LogP contribution is 2.37. The summed E-state index contributed by atoms with van der Waals surface area (Å²) in [4.78, 5) is 2.57. The summed E-state index contributed by atoms with van der Waals surface area (Å²) in [5, 5.41) is 0. The monoisotopic (exact) mass is 309 g/mol. The molecule has 1 fully saturated rings. The van der Waals surface area contributed by atoms with Crippen molar-refractivity contribution in [2.75, 3.05) is 19.6 Å². The number of rotatable bonds is 4. The minimum absolute atomic E-state index is 0.548. The third-order valence-corrected chi connectivity index (χ3v) is 4.87. The Balaban J connectivity index is 0.000000924. The molecule has 1 aliphatic rings. The highest BCUT2D eigenvalue weighted by atomic mass is 15.1. The smallest absolute Gasteiger partial charge is 0.0119 e. The average Bonchev–Trinajstić information content (AvgIpc) is 2.66. The van der Waals surface area contributed by atoms with E-state index in [1.165, 1.54) is 43.6 Å². The van der Waals surface area contributed by atoms with E-state index in [4.69, 9.17) is 0 Å². The van der Waals surface area contributed by atoms with Gasteiger partial charge in [0.2, 0.25) is 0 Å². The van der Waals surface area contributed by atoms with Gasteiger partial charge in [0, 0.05) is 5.92 Å². The van der Waals surface area contributed by atoms with E-state index in [1.807, 2.05) is 13.8 Å². The van der Waals surface area contributed by atoms with Crippen molar-refractivity contribution in [3.05, 3.63) is 71.8 Å². The van der Waals surface area contributed by atoms with Crippen molar-refractivity contribution in [1.29, 1.82) is 0 Å². The maximum atomic E-state index is 2.57. The first-order valence-corrected chi connectivity index (χ1v) is 9.20. The third-order valence-electron chi connectivity index (χ3n) is 4.87. The van der Waals surface area contributed by atoms with Gasteiger partial charge in [-0.05, 0) is 49.5 Å². The van der Waals surface area contributed by atoms with Gasteiger partial charge in [-0.3, -0.25) is 0 Å².